The van der Waals surface area contributed by atoms with E-state index in [-0.39, 0.29) is 0 Å². The highest BCUT2D eigenvalue weighted by atomic mass is 15.3. The van der Waals surface area contributed by atoms with Gasteiger partial charge in [-0.3, -0.25) is 4.68 Å². The molecule has 0 radical (unpaired) electrons. The molecule has 0 spiro atoms. The SMILES string of the molecule is Cn1ncc(C2CCNCC2)c1N. The Balaban J connectivity index is 2.18. The molecule has 0 amide bonds. The smallest absolute Gasteiger partial charge is 0.124 e. The van der Waals surface area contributed by atoms with Crippen LogP contribution in [0.2, 0.25) is 0 Å². The van der Waals surface area contributed by atoms with Gasteiger partial charge in [-0.2, -0.15) is 5.10 Å². The van der Waals surface area contributed by atoms with Crippen LogP contribution in [0.25, 0.3) is 0 Å². The third-order valence-corrected chi connectivity index (χ3v) is 2.79. The van der Waals surface area contributed by atoms with E-state index < -0.39 is 0 Å². The maximum absolute atomic E-state index is 5.91. The normalized spacial score (nSPS) is 19.2. The number of anilines is 1. The summed E-state index contributed by atoms with van der Waals surface area (Å²) in [7, 11) is 1.89. The van der Waals surface area contributed by atoms with Gasteiger partial charge in [0.1, 0.15) is 5.82 Å². The maximum atomic E-state index is 5.91. The Bertz CT molecular complexity index is 286. The van der Waals surface area contributed by atoms with Crippen molar-refractivity contribution in [2.75, 3.05) is 18.8 Å². The first-order chi connectivity index (χ1) is 6.29. The number of nitrogens with two attached hydrogens (primary N) is 1. The minimum absolute atomic E-state index is 0.606. The molecule has 0 atom stereocenters. The molecule has 2 heterocycles. The lowest BCUT2D eigenvalue weighted by atomic mass is 9.92. The molecule has 1 saturated heterocycles. The summed E-state index contributed by atoms with van der Waals surface area (Å²) >= 11 is 0. The molecule has 72 valence electrons. The molecule has 0 saturated carbocycles. The van der Waals surface area contributed by atoms with Crippen molar-refractivity contribution in [2.24, 2.45) is 7.05 Å². The van der Waals surface area contributed by atoms with E-state index in [0.717, 1.165) is 18.9 Å². The van der Waals surface area contributed by atoms with Crippen molar-refractivity contribution in [1.82, 2.24) is 15.1 Å². The molecule has 2 rings (SSSR count). The van der Waals surface area contributed by atoms with E-state index in [4.69, 9.17) is 5.73 Å². The van der Waals surface area contributed by atoms with Crippen molar-refractivity contribution in [3.8, 4) is 0 Å². The van der Waals surface area contributed by atoms with E-state index in [0.29, 0.717) is 5.92 Å². The van der Waals surface area contributed by atoms with Crippen LogP contribution in [0.3, 0.4) is 0 Å². The van der Waals surface area contributed by atoms with Crippen molar-refractivity contribution in [3.05, 3.63) is 11.8 Å². The monoisotopic (exact) mass is 180 g/mol. The molecule has 0 unspecified atom stereocenters. The Hall–Kier alpha value is -1.03. The molecule has 1 aliphatic heterocycles. The van der Waals surface area contributed by atoms with Crippen LogP contribution in [0.15, 0.2) is 6.20 Å². The molecule has 13 heavy (non-hydrogen) atoms. The maximum Gasteiger partial charge on any atom is 0.124 e. The van der Waals surface area contributed by atoms with Gasteiger partial charge in [0, 0.05) is 12.6 Å². The topological polar surface area (TPSA) is 55.9 Å². The van der Waals surface area contributed by atoms with Crippen molar-refractivity contribution in [3.63, 3.8) is 0 Å². The third kappa shape index (κ3) is 1.54. The van der Waals surface area contributed by atoms with E-state index in [1.807, 2.05) is 13.2 Å². The molecule has 3 N–H and O–H groups in total. The zero-order valence-corrected chi connectivity index (χ0v) is 7.95. The van der Waals surface area contributed by atoms with Gasteiger partial charge in [0.2, 0.25) is 0 Å². The Morgan fingerprint density at radius 2 is 2.23 bits per heavy atom. The molecule has 0 aliphatic carbocycles. The molecular weight excluding hydrogens is 164 g/mol. The Morgan fingerprint density at radius 3 is 2.77 bits per heavy atom. The lowest BCUT2D eigenvalue weighted by Gasteiger charge is -2.21. The largest absolute Gasteiger partial charge is 0.384 e. The molecule has 1 aromatic rings. The molecular formula is C9H16N4. The number of hydrogen-bond donors (Lipinski definition) is 2. The van der Waals surface area contributed by atoms with Gasteiger partial charge in [0.15, 0.2) is 0 Å². The summed E-state index contributed by atoms with van der Waals surface area (Å²) in [6.45, 7) is 2.19. The summed E-state index contributed by atoms with van der Waals surface area (Å²) in [5.74, 6) is 1.43. The van der Waals surface area contributed by atoms with E-state index in [9.17, 15) is 0 Å². The van der Waals surface area contributed by atoms with Crippen molar-refractivity contribution in [1.29, 1.82) is 0 Å². The molecule has 1 aromatic heterocycles. The van der Waals surface area contributed by atoms with Crippen LogP contribution in [0.5, 0.6) is 0 Å². The summed E-state index contributed by atoms with van der Waals surface area (Å²) in [5.41, 5.74) is 7.14. The first-order valence-electron chi connectivity index (χ1n) is 4.77. The number of piperidine rings is 1. The fraction of sp³-hybridized carbons (Fsp3) is 0.667. The van der Waals surface area contributed by atoms with Crippen LogP contribution in [0.4, 0.5) is 5.82 Å². The fourth-order valence-corrected chi connectivity index (χ4v) is 1.91. The first kappa shape index (κ1) is 8.56. The summed E-state index contributed by atoms with van der Waals surface area (Å²) in [5, 5.41) is 7.51. The van der Waals surface area contributed by atoms with Crippen LogP contribution in [-0.2, 0) is 7.05 Å². The van der Waals surface area contributed by atoms with Gasteiger partial charge in [-0.25, -0.2) is 0 Å². The number of aromatic nitrogens is 2. The van der Waals surface area contributed by atoms with Gasteiger partial charge in [-0.15, -0.1) is 0 Å². The molecule has 1 fully saturated rings. The van der Waals surface area contributed by atoms with Crippen molar-refractivity contribution >= 4 is 5.82 Å². The quantitative estimate of drug-likeness (QED) is 0.660. The van der Waals surface area contributed by atoms with Gasteiger partial charge >= 0.3 is 0 Å². The number of rotatable bonds is 1. The van der Waals surface area contributed by atoms with E-state index >= 15 is 0 Å². The van der Waals surface area contributed by atoms with Crippen LogP contribution in [0, 0.1) is 0 Å². The second kappa shape index (κ2) is 3.38. The van der Waals surface area contributed by atoms with Gasteiger partial charge in [-0.1, -0.05) is 0 Å². The highest BCUT2D eigenvalue weighted by Crippen LogP contribution is 2.28. The Morgan fingerprint density at radius 1 is 1.54 bits per heavy atom. The van der Waals surface area contributed by atoms with E-state index in [1.165, 1.54) is 18.4 Å². The predicted molar refractivity (Wildman–Crippen MR) is 52.5 cm³/mol. The summed E-state index contributed by atoms with van der Waals surface area (Å²) < 4.78 is 1.75. The summed E-state index contributed by atoms with van der Waals surface area (Å²) in [6.07, 6.45) is 4.26. The third-order valence-electron chi connectivity index (χ3n) is 2.79. The zero-order valence-electron chi connectivity index (χ0n) is 7.95. The highest BCUT2D eigenvalue weighted by molar-refractivity contribution is 5.41. The standard InChI is InChI=1S/C9H16N4/c1-13-9(10)8(6-12-13)7-2-4-11-5-3-7/h6-7,11H,2-5,10H2,1H3. The molecule has 4 nitrogen and oxygen atoms in total. The molecule has 4 heteroatoms. The van der Waals surface area contributed by atoms with E-state index in [1.54, 1.807) is 4.68 Å². The molecule has 1 aliphatic rings. The van der Waals surface area contributed by atoms with Crippen LogP contribution in [-0.4, -0.2) is 22.9 Å². The number of nitrogens with one attached hydrogen (secondary N) is 1. The summed E-state index contributed by atoms with van der Waals surface area (Å²) in [6, 6.07) is 0. The van der Waals surface area contributed by atoms with Gasteiger partial charge < -0.3 is 11.1 Å². The number of hydrogen-bond acceptors (Lipinski definition) is 3. The van der Waals surface area contributed by atoms with Crippen LogP contribution < -0.4 is 11.1 Å². The molecule has 0 bridgehead atoms. The second-order valence-corrected chi connectivity index (χ2v) is 3.63. The zero-order chi connectivity index (χ0) is 9.26. The van der Waals surface area contributed by atoms with E-state index in [2.05, 4.69) is 10.4 Å². The average Bonchev–Trinajstić information content (AvgIpc) is 2.49. The number of nitrogen functional groups attached to an aromatic ring is 1. The van der Waals surface area contributed by atoms with Gasteiger partial charge in [0.25, 0.3) is 0 Å². The van der Waals surface area contributed by atoms with Crippen molar-refractivity contribution in [2.45, 2.75) is 18.8 Å². The lowest BCUT2D eigenvalue weighted by Crippen LogP contribution is -2.26. The Kier molecular flexibility index (Phi) is 2.22. The van der Waals surface area contributed by atoms with Crippen molar-refractivity contribution < 1.29 is 0 Å². The minimum atomic E-state index is 0.606. The van der Waals surface area contributed by atoms with Gasteiger partial charge in [-0.05, 0) is 31.8 Å². The van der Waals surface area contributed by atoms with Gasteiger partial charge in [0.05, 0.1) is 6.20 Å². The number of nitrogens with zero attached hydrogens (tertiary/aromatic N) is 2. The van der Waals surface area contributed by atoms with Crippen LogP contribution >= 0.6 is 0 Å². The molecule has 0 aromatic carbocycles. The minimum Gasteiger partial charge on any atom is -0.384 e. The average molecular weight is 180 g/mol. The first-order valence-corrected chi connectivity index (χ1v) is 4.77. The highest BCUT2D eigenvalue weighted by Gasteiger charge is 2.19. The second-order valence-electron chi connectivity index (χ2n) is 3.63. The fourth-order valence-electron chi connectivity index (χ4n) is 1.91. The van der Waals surface area contributed by atoms with Crippen LogP contribution in [0.1, 0.15) is 24.3 Å². The Labute approximate surface area is 78.1 Å². The summed E-state index contributed by atoms with van der Waals surface area (Å²) in [4.78, 5) is 0. The predicted octanol–water partition coefficient (Wildman–Crippen LogP) is 0.469. The lowest BCUT2D eigenvalue weighted by molar-refractivity contribution is 0.461. The number of aryl methyl sites for hydroxylation is 1.